The summed E-state index contributed by atoms with van der Waals surface area (Å²) >= 11 is 0. The van der Waals surface area contributed by atoms with E-state index in [-0.39, 0.29) is 54.8 Å². The summed E-state index contributed by atoms with van der Waals surface area (Å²) in [5, 5.41) is 2.86. The van der Waals surface area contributed by atoms with E-state index >= 15 is 0 Å². The first kappa shape index (κ1) is 23.4. The fraction of sp³-hybridized carbons (Fsp3) is 0.522. The zero-order valence-electron chi connectivity index (χ0n) is 18.6. The Morgan fingerprint density at radius 1 is 0.906 bits per heavy atom. The van der Waals surface area contributed by atoms with E-state index in [1.165, 1.54) is 0 Å². The van der Waals surface area contributed by atoms with Crippen LogP contribution in [0.4, 0.5) is 0 Å². The van der Waals surface area contributed by atoms with Crippen LogP contribution in [0.1, 0.15) is 44.7 Å². The second-order valence-corrected chi connectivity index (χ2v) is 8.59. The van der Waals surface area contributed by atoms with Gasteiger partial charge in [-0.05, 0) is 11.5 Å². The third kappa shape index (κ3) is 5.72. The summed E-state index contributed by atoms with van der Waals surface area (Å²) in [6, 6.07) is 8.32. The molecule has 1 atom stereocenters. The molecule has 0 spiro atoms. The van der Waals surface area contributed by atoms with Crippen molar-refractivity contribution in [2.24, 2.45) is 5.92 Å². The van der Waals surface area contributed by atoms with E-state index in [1.807, 2.05) is 44.2 Å². The molecule has 1 aromatic carbocycles. The highest BCUT2D eigenvalue weighted by atomic mass is 16.2. The second-order valence-electron chi connectivity index (χ2n) is 8.59. The minimum absolute atomic E-state index is 0.151. The molecule has 2 heterocycles. The molecule has 0 aromatic heterocycles. The highest BCUT2D eigenvalue weighted by Crippen LogP contribution is 2.19. The van der Waals surface area contributed by atoms with E-state index in [9.17, 15) is 24.0 Å². The summed E-state index contributed by atoms with van der Waals surface area (Å²) in [6.45, 7) is 4.89. The first-order valence-corrected chi connectivity index (χ1v) is 11.0. The van der Waals surface area contributed by atoms with E-state index in [0.717, 1.165) is 4.90 Å². The Bertz CT molecular complexity index is 862. The van der Waals surface area contributed by atoms with Crippen molar-refractivity contribution in [2.45, 2.75) is 39.2 Å². The highest BCUT2D eigenvalue weighted by molar-refractivity contribution is 6.04. The number of hydrogen-bond donors (Lipinski definition) is 1. The first-order chi connectivity index (χ1) is 15.3. The summed E-state index contributed by atoms with van der Waals surface area (Å²) in [4.78, 5) is 65.9. The van der Waals surface area contributed by atoms with Gasteiger partial charge in [-0.2, -0.15) is 0 Å². The number of imide groups is 1. The number of carbonyl (C=O) groups is 5. The van der Waals surface area contributed by atoms with E-state index in [1.54, 1.807) is 9.80 Å². The van der Waals surface area contributed by atoms with Crippen LogP contribution in [0.15, 0.2) is 30.3 Å². The van der Waals surface area contributed by atoms with Crippen LogP contribution in [-0.4, -0.2) is 77.0 Å². The lowest BCUT2D eigenvalue weighted by atomic mass is 10.0. The van der Waals surface area contributed by atoms with Crippen LogP contribution >= 0.6 is 0 Å². The maximum Gasteiger partial charge on any atom is 0.249 e. The Morgan fingerprint density at radius 3 is 2.03 bits per heavy atom. The van der Waals surface area contributed by atoms with Gasteiger partial charge in [-0.25, -0.2) is 0 Å². The molecule has 2 saturated heterocycles. The number of likely N-dealkylation sites (tertiary alicyclic amines) is 1. The molecule has 2 aliphatic heterocycles. The van der Waals surface area contributed by atoms with Crippen molar-refractivity contribution in [3.63, 3.8) is 0 Å². The summed E-state index contributed by atoms with van der Waals surface area (Å²) in [5.74, 6) is -1.17. The van der Waals surface area contributed by atoms with Gasteiger partial charge in [0, 0.05) is 45.4 Å². The second kappa shape index (κ2) is 10.4. The van der Waals surface area contributed by atoms with Crippen LogP contribution in [0.2, 0.25) is 0 Å². The normalized spacial score (nSPS) is 17.7. The van der Waals surface area contributed by atoms with Crippen molar-refractivity contribution in [3.05, 3.63) is 35.9 Å². The van der Waals surface area contributed by atoms with Crippen molar-refractivity contribution in [2.75, 3.05) is 32.7 Å². The van der Waals surface area contributed by atoms with E-state index in [2.05, 4.69) is 5.32 Å². The molecule has 5 amide bonds. The Balaban J connectivity index is 1.61. The lowest BCUT2D eigenvalue weighted by molar-refractivity contribution is -0.147. The molecule has 0 radical (unpaired) electrons. The molecule has 2 fully saturated rings. The number of benzene rings is 1. The predicted molar refractivity (Wildman–Crippen MR) is 116 cm³/mol. The fourth-order valence-electron chi connectivity index (χ4n) is 3.92. The molecule has 0 bridgehead atoms. The Morgan fingerprint density at radius 2 is 1.47 bits per heavy atom. The van der Waals surface area contributed by atoms with Gasteiger partial charge in [-0.3, -0.25) is 28.9 Å². The zero-order chi connectivity index (χ0) is 23.3. The number of nitrogens with zero attached hydrogens (tertiary/aromatic N) is 3. The molecule has 0 aliphatic carbocycles. The average molecular weight is 443 g/mol. The fourth-order valence-corrected chi connectivity index (χ4v) is 3.92. The van der Waals surface area contributed by atoms with Crippen LogP contribution in [0.25, 0.3) is 0 Å². The zero-order valence-corrected chi connectivity index (χ0v) is 18.6. The summed E-state index contributed by atoms with van der Waals surface area (Å²) in [6.07, 6.45) is 0.627. The number of rotatable bonds is 7. The smallest absolute Gasteiger partial charge is 0.249 e. The quantitative estimate of drug-likeness (QED) is 0.626. The van der Waals surface area contributed by atoms with Crippen LogP contribution in [0.5, 0.6) is 0 Å². The van der Waals surface area contributed by atoms with Crippen molar-refractivity contribution >= 4 is 29.5 Å². The van der Waals surface area contributed by atoms with Gasteiger partial charge in [-0.1, -0.05) is 44.2 Å². The lowest BCUT2D eigenvalue weighted by Gasteiger charge is -2.37. The van der Waals surface area contributed by atoms with E-state index in [0.29, 0.717) is 38.2 Å². The SMILES string of the molecule is CC(C)CC(=O)NC(C(=O)N1CCN(C(=O)CN2C(=O)CCC2=O)CC1)c1ccccc1. The Labute approximate surface area is 187 Å². The number of hydrogen-bond acceptors (Lipinski definition) is 5. The predicted octanol–water partition coefficient (Wildman–Crippen LogP) is 0.710. The standard InChI is InChI=1S/C23H30N4O5/c1-16(2)14-18(28)24-22(17-6-4-3-5-7-17)23(32)26-12-10-25(11-13-26)21(31)15-27-19(29)8-9-20(27)30/h3-7,16,22H,8-15H2,1-2H3,(H,24,28). The van der Waals surface area contributed by atoms with Gasteiger partial charge in [0.1, 0.15) is 12.6 Å². The Kier molecular flexibility index (Phi) is 7.61. The molecule has 1 aromatic rings. The van der Waals surface area contributed by atoms with Gasteiger partial charge in [0.15, 0.2) is 0 Å². The molecule has 2 aliphatic rings. The minimum Gasteiger partial charge on any atom is -0.341 e. The van der Waals surface area contributed by atoms with Gasteiger partial charge in [0.2, 0.25) is 29.5 Å². The summed E-state index contributed by atoms with van der Waals surface area (Å²) < 4.78 is 0. The molecule has 32 heavy (non-hydrogen) atoms. The molecule has 3 rings (SSSR count). The summed E-state index contributed by atoms with van der Waals surface area (Å²) in [7, 11) is 0. The number of nitrogens with one attached hydrogen (secondary N) is 1. The maximum atomic E-state index is 13.3. The molecule has 9 nitrogen and oxygen atoms in total. The molecule has 9 heteroatoms. The average Bonchev–Trinajstić information content (AvgIpc) is 3.09. The third-order valence-corrected chi connectivity index (χ3v) is 5.67. The molecule has 172 valence electrons. The largest absolute Gasteiger partial charge is 0.341 e. The summed E-state index contributed by atoms with van der Waals surface area (Å²) in [5.41, 5.74) is 0.708. The first-order valence-electron chi connectivity index (χ1n) is 11.0. The van der Waals surface area contributed by atoms with Crippen LogP contribution in [0.3, 0.4) is 0 Å². The molecular formula is C23H30N4O5. The third-order valence-electron chi connectivity index (χ3n) is 5.67. The highest BCUT2D eigenvalue weighted by Gasteiger charge is 2.34. The Hall–Kier alpha value is -3.23. The molecule has 1 unspecified atom stereocenters. The van der Waals surface area contributed by atoms with E-state index < -0.39 is 6.04 Å². The van der Waals surface area contributed by atoms with Gasteiger partial charge in [-0.15, -0.1) is 0 Å². The van der Waals surface area contributed by atoms with Gasteiger partial charge in [0.25, 0.3) is 0 Å². The van der Waals surface area contributed by atoms with Crippen LogP contribution in [-0.2, 0) is 24.0 Å². The number of amides is 5. The topological polar surface area (TPSA) is 107 Å². The van der Waals surface area contributed by atoms with Crippen molar-refractivity contribution in [1.82, 2.24) is 20.0 Å². The molecular weight excluding hydrogens is 412 g/mol. The van der Waals surface area contributed by atoms with Crippen molar-refractivity contribution in [1.29, 1.82) is 0 Å². The van der Waals surface area contributed by atoms with Gasteiger partial charge < -0.3 is 15.1 Å². The number of piperazine rings is 1. The lowest BCUT2D eigenvalue weighted by Crippen LogP contribution is -2.55. The van der Waals surface area contributed by atoms with Crippen LogP contribution in [0, 0.1) is 5.92 Å². The maximum absolute atomic E-state index is 13.3. The van der Waals surface area contributed by atoms with Crippen molar-refractivity contribution in [3.8, 4) is 0 Å². The monoisotopic (exact) mass is 442 g/mol. The van der Waals surface area contributed by atoms with Gasteiger partial charge >= 0.3 is 0 Å². The number of carbonyl (C=O) groups excluding carboxylic acids is 5. The van der Waals surface area contributed by atoms with E-state index in [4.69, 9.17) is 0 Å². The minimum atomic E-state index is -0.787. The van der Waals surface area contributed by atoms with Crippen molar-refractivity contribution < 1.29 is 24.0 Å². The molecule has 0 saturated carbocycles. The van der Waals surface area contributed by atoms with Crippen LogP contribution < -0.4 is 5.32 Å². The van der Waals surface area contributed by atoms with Gasteiger partial charge in [0.05, 0.1) is 0 Å². The molecule has 1 N–H and O–H groups in total.